The van der Waals surface area contributed by atoms with Crippen LogP contribution in [-0.4, -0.2) is 8.42 Å². The van der Waals surface area contributed by atoms with Gasteiger partial charge in [0, 0.05) is 4.47 Å². The van der Waals surface area contributed by atoms with E-state index in [9.17, 15) is 26.0 Å². The number of hydrogen-bond donors (Lipinski definition) is 1. The van der Waals surface area contributed by atoms with Crippen molar-refractivity contribution in [2.75, 3.05) is 4.72 Å². The normalized spacial score (nSPS) is 12.3. The summed E-state index contributed by atoms with van der Waals surface area (Å²) in [6.07, 6.45) is -4.70. The van der Waals surface area contributed by atoms with Gasteiger partial charge >= 0.3 is 6.18 Å². The third kappa shape index (κ3) is 4.36. The minimum absolute atomic E-state index is 0.0511. The second kappa shape index (κ2) is 6.29. The molecule has 3 nitrogen and oxygen atoms in total. The van der Waals surface area contributed by atoms with Crippen LogP contribution in [0.25, 0.3) is 0 Å². The molecule has 2 aromatic carbocycles. The number of sulfonamides is 1. The van der Waals surface area contributed by atoms with Crippen LogP contribution in [-0.2, 0) is 16.2 Å². The molecule has 0 aromatic heterocycles. The highest BCUT2D eigenvalue weighted by Crippen LogP contribution is 2.33. The fourth-order valence-corrected chi connectivity index (χ4v) is 3.60. The summed E-state index contributed by atoms with van der Waals surface area (Å²) >= 11 is 8.37. The third-order valence-corrected chi connectivity index (χ3v) is 4.79. The van der Waals surface area contributed by atoms with Gasteiger partial charge in [0.2, 0.25) is 0 Å². The van der Waals surface area contributed by atoms with Crippen LogP contribution in [0.15, 0.2) is 45.8 Å². The molecule has 1 N–H and O–H groups in total. The first-order valence-electron chi connectivity index (χ1n) is 5.85. The van der Waals surface area contributed by atoms with Crippen molar-refractivity contribution in [2.24, 2.45) is 0 Å². The minimum Gasteiger partial charge on any atom is -0.280 e. The topological polar surface area (TPSA) is 46.2 Å². The van der Waals surface area contributed by atoms with Crippen molar-refractivity contribution in [3.05, 3.63) is 57.3 Å². The zero-order valence-electron chi connectivity index (χ0n) is 11.0. The summed E-state index contributed by atoms with van der Waals surface area (Å²) in [6.45, 7) is 0. The number of alkyl halides is 3. The molecule has 0 saturated carbocycles. The van der Waals surface area contributed by atoms with Crippen molar-refractivity contribution in [1.29, 1.82) is 0 Å². The van der Waals surface area contributed by atoms with E-state index < -0.39 is 32.5 Å². The lowest BCUT2D eigenvalue weighted by molar-refractivity contribution is -0.137. The molecule has 0 radical (unpaired) electrons. The monoisotopic (exact) mass is 431 g/mol. The van der Waals surface area contributed by atoms with E-state index in [-0.39, 0.29) is 15.2 Å². The number of nitrogens with one attached hydrogen (secondary N) is 1. The molecular weight excluding hydrogens is 426 g/mol. The van der Waals surface area contributed by atoms with Gasteiger partial charge in [-0.15, -0.1) is 0 Å². The van der Waals surface area contributed by atoms with Gasteiger partial charge in [-0.2, -0.15) is 13.2 Å². The van der Waals surface area contributed by atoms with Crippen molar-refractivity contribution in [3.63, 3.8) is 0 Å². The van der Waals surface area contributed by atoms with Crippen molar-refractivity contribution >= 4 is 43.2 Å². The van der Waals surface area contributed by atoms with Crippen molar-refractivity contribution < 1.29 is 26.0 Å². The first-order chi connectivity index (χ1) is 10.5. The Morgan fingerprint density at radius 3 is 2.30 bits per heavy atom. The van der Waals surface area contributed by atoms with E-state index in [0.29, 0.717) is 6.07 Å². The maximum absolute atomic E-state index is 13.1. The second-order valence-corrected chi connectivity index (χ2v) is 7.41. The summed E-state index contributed by atoms with van der Waals surface area (Å²) in [7, 11) is -4.31. The van der Waals surface area contributed by atoms with E-state index in [1.165, 1.54) is 0 Å². The highest BCUT2D eigenvalue weighted by Gasteiger charge is 2.32. The fraction of sp³-hybridized carbons (Fsp3) is 0.0769. The Morgan fingerprint density at radius 2 is 1.74 bits per heavy atom. The predicted molar refractivity (Wildman–Crippen MR) is 81.4 cm³/mol. The molecule has 0 bridgehead atoms. The summed E-state index contributed by atoms with van der Waals surface area (Å²) in [4.78, 5) is -0.598. The molecule has 0 unspecified atom stereocenters. The lowest BCUT2D eigenvalue weighted by Crippen LogP contribution is -2.15. The maximum Gasteiger partial charge on any atom is 0.416 e. The molecule has 10 heteroatoms. The van der Waals surface area contributed by atoms with Crippen molar-refractivity contribution in [2.45, 2.75) is 11.1 Å². The van der Waals surface area contributed by atoms with Gasteiger partial charge in [0.1, 0.15) is 5.82 Å². The summed E-state index contributed by atoms with van der Waals surface area (Å²) in [5.74, 6) is -0.753. The number of rotatable bonds is 3. The first-order valence-corrected chi connectivity index (χ1v) is 8.50. The standard InChI is InChI=1S/C13H7BrClF4NO2S/c14-8-3-7(13(17,18)19)4-10(5-8)23(21,22)20-9-1-2-12(16)11(15)6-9/h1-6,20H. The highest BCUT2D eigenvalue weighted by atomic mass is 79.9. The zero-order chi connectivity index (χ0) is 17.4. The van der Waals surface area contributed by atoms with Gasteiger partial charge in [-0.25, -0.2) is 12.8 Å². The minimum atomic E-state index is -4.70. The van der Waals surface area contributed by atoms with Crippen LogP contribution in [0, 0.1) is 5.82 Å². The van der Waals surface area contributed by atoms with Crippen LogP contribution in [0.4, 0.5) is 23.2 Å². The van der Waals surface area contributed by atoms with Gasteiger partial charge in [-0.3, -0.25) is 4.72 Å². The van der Waals surface area contributed by atoms with Gasteiger partial charge < -0.3 is 0 Å². The number of benzene rings is 2. The van der Waals surface area contributed by atoms with E-state index in [4.69, 9.17) is 11.6 Å². The summed E-state index contributed by atoms with van der Waals surface area (Å²) in [5.41, 5.74) is -1.20. The molecule has 124 valence electrons. The van der Waals surface area contributed by atoms with Gasteiger partial charge in [0.05, 0.1) is 21.2 Å². The average molecular weight is 433 g/mol. The van der Waals surface area contributed by atoms with Crippen LogP contribution >= 0.6 is 27.5 Å². The van der Waals surface area contributed by atoms with Crippen LogP contribution in [0.5, 0.6) is 0 Å². The Labute approximate surface area is 142 Å². The second-order valence-electron chi connectivity index (χ2n) is 4.41. The van der Waals surface area contributed by atoms with Crippen molar-refractivity contribution in [3.8, 4) is 0 Å². The molecule has 0 aliphatic heterocycles. The molecule has 23 heavy (non-hydrogen) atoms. The van der Waals surface area contributed by atoms with E-state index >= 15 is 0 Å². The lowest BCUT2D eigenvalue weighted by atomic mass is 10.2. The summed E-state index contributed by atoms with van der Waals surface area (Å²) < 4.78 is 77.7. The van der Waals surface area contributed by atoms with Crippen LogP contribution in [0.3, 0.4) is 0 Å². The molecule has 2 rings (SSSR count). The van der Waals surface area contributed by atoms with E-state index in [1.807, 2.05) is 4.72 Å². The maximum atomic E-state index is 13.1. The van der Waals surface area contributed by atoms with Gasteiger partial charge in [-0.1, -0.05) is 27.5 Å². The molecule has 0 saturated heterocycles. The molecule has 0 aliphatic carbocycles. The third-order valence-electron chi connectivity index (χ3n) is 2.68. The average Bonchev–Trinajstić information content (AvgIpc) is 2.41. The molecular formula is C13H7BrClF4NO2S. The summed E-state index contributed by atoms with van der Waals surface area (Å²) in [6, 6.07) is 5.31. The van der Waals surface area contributed by atoms with E-state index in [2.05, 4.69) is 15.9 Å². The predicted octanol–water partition coefficient (Wildman–Crippen LogP) is 5.06. The molecule has 0 heterocycles. The Kier molecular flexibility index (Phi) is 4.93. The fourth-order valence-electron chi connectivity index (χ4n) is 1.66. The van der Waals surface area contributed by atoms with Crippen LogP contribution in [0.1, 0.15) is 5.56 Å². The smallest absolute Gasteiger partial charge is 0.280 e. The Hall–Kier alpha value is -1.32. The van der Waals surface area contributed by atoms with Gasteiger partial charge in [-0.05, 0) is 36.4 Å². The van der Waals surface area contributed by atoms with E-state index in [0.717, 1.165) is 30.3 Å². The Bertz CT molecular complexity index is 856. The van der Waals surface area contributed by atoms with Crippen LogP contribution in [0.2, 0.25) is 5.02 Å². The van der Waals surface area contributed by atoms with Gasteiger partial charge in [0.15, 0.2) is 0 Å². The Balaban J connectivity index is 2.43. The van der Waals surface area contributed by atoms with Crippen LogP contribution < -0.4 is 4.72 Å². The van der Waals surface area contributed by atoms with E-state index in [1.54, 1.807) is 0 Å². The van der Waals surface area contributed by atoms with Gasteiger partial charge in [0.25, 0.3) is 10.0 Å². The number of hydrogen-bond acceptors (Lipinski definition) is 2. The SMILES string of the molecule is O=S(=O)(Nc1ccc(F)c(Cl)c1)c1cc(Br)cc(C(F)(F)F)c1. The molecule has 0 atom stereocenters. The molecule has 2 aromatic rings. The Morgan fingerprint density at radius 1 is 1.09 bits per heavy atom. The molecule has 0 aliphatic rings. The number of halogens is 6. The zero-order valence-corrected chi connectivity index (χ0v) is 14.1. The summed E-state index contributed by atoms with van der Waals surface area (Å²) in [5, 5.41) is -0.324. The molecule has 0 amide bonds. The highest BCUT2D eigenvalue weighted by molar-refractivity contribution is 9.10. The number of anilines is 1. The molecule has 0 fully saturated rings. The van der Waals surface area contributed by atoms with Crippen molar-refractivity contribution in [1.82, 2.24) is 0 Å². The lowest BCUT2D eigenvalue weighted by Gasteiger charge is -2.12. The first kappa shape index (κ1) is 18.0. The molecule has 0 spiro atoms. The quantitative estimate of drug-likeness (QED) is 0.689. The largest absolute Gasteiger partial charge is 0.416 e.